The molecule has 0 saturated heterocycles. The van der Waals surface area contributed by atoms with E-state index in [-0.39, 0.29) is 45.3 Å². The number of aromatic nitrogens is 4. The van der Waals surface area contributed by atoms with Crippen molar-refractivity contribution in [3.05, 3.63) is 123 Å². The molecule has 1 atom stereocenters. The summed E-state index contributed by atoms with van der Waals surface area (Å²) in [4.78, 5) is 39.4. The number of amides is 2. The fraction of sp³-hybridized carbons (Fsp3) is 0.156. The summed E-state index contributed by atoms with van der Waals surface area (Å²) in [6.07, 6.45) is -2.71. The summed E-state index contributed by atoms with van der Waals surface area (Å²) in [6.45, 7) is 0. The number of anilines is 1. The van der Waals surface area contributed by atoms with Gasteiger partial charge in [0.2, 0.25) is 5.91 Å². The van der Waals surface area contributed by atoms with E-state index in [1.165, 1.54) is 56.8 Å². The Labute approximate surface area is 269 Å². The topological polar surface area (TPSA) is 120 Å². The Bertz CT molecular complexity index is 2010. The Morgan fingerprint density at radius 3 is 2.38 bits per heavy atom. The van der Waals surface area contributed by atoms with Gasteiger partial charge in [-0.2, -0.15) is 13.2 Å². The van der Waals surface area contributed by atoms with Crippen LogP contribution < -0.4 is 20.9 Å². The first-order chi connectivity index (χ1) is 22.4. The number of carbonyl (C=O) groups excluding carboxylic acids is 2. The number of hydrogen-bond acceptors (Lipinski definition) is 6. The van der Waals surface area contributed by atoms with E-state index >= 15 is 0 Å². The van der Waals surface area contributed by atoms with Crippen LogP contribution in [0, 0.1) is 5.82 Å². The standard InChI is InChI=1S/C32H25ClF4N6O4/c1-38-30(45)21-10-9-20(14-24(21)34)39-31(46)26(12-18-6-4-3-5-7-18)42-16-27(47-2)23(15-29(42)44)22-13-19(33)8-11-25(22)43-17-28(40-41-43)32(35,36)37/h3-11,13-17,26H,12H2,1-2H3,(H,38,45)(H,39,46)/t26-/m0/s1. The normalized spacial score (nSPS) is 12.0. The lowest BCUT2D eigenvalue weighted by Gasteiger charge is -2.22. The number of nitrogens with one attached hydrogen (secondary N) is 2. The second-order valence-electron chi connectivity index (χ2n) is 10.2. The number of halogens is 5. The molecular formula is C32H25ClF4N6O4. The third-order valence-electron chi connectivity index (χ3n) is 7.16. The summed E-state index contributed by atoms with van der Waals surface area (Å²) < 4.78 is 62.1. The molecule has 0 saturated carbocycles. The fourth-order valence-electron chi connectivity index (χ4n) is 4.87. The van der Waals surface area contributed by atoms with Gasteiger partial charge in [0.05, 0.1) is 30.8 Å². The fourth-order valence-corrected chi connectivity index (χ4v) is 5.04. The SMILES string of the molecule is CNC(=O)c1ccc(NC(=O)[C@H](Cc2ccccc2)n2cc(OC)c(-c3cc(Cl)ccc3-n3cc(C(F)(F)F)nn3)cc2=O)cc1F. The van der Waals surface area contributed by atoms with Crippen LogP contribution in [0.25, 0.3) is 16.8 Å². The zero-order valence-corrected chi connectivity index (χ0v) is 25.4. The van der Waals surface area contributed by atoms with Crippen molar-refractivity contribution < 1.29 is 31.9 Å². The van der Waals surface area contributed by atoms with E-state index in [1.54, 1.807) is 30.3 Å². The van der Waals surface area contributed by atoms with Crippen molar-refractivity contribution in [3.63, 3.8) is 0 Å². The summed E-state index contributed by atoms with van der Waals surface area (Å²) in [5, 5.41) is 12.0. The molecular weight excluding hydrogens is 644 g/mol. The Balaban J connectivity index is 1.58. The van der Waals surface area contributed by atoms with Gasteiger partial charge in [-0.3, -0.25) is 19.0 Å². The second kappa shape index (κ2) is 13.5. The maximum atomic E-state index is 14.7. The molecule has 2 heterocycles. The molecule has 0 fully saturated rings. The van der Waals surface area contributed by atoms with E-state index in [1.807, 2.05) is 0 Å². The van der Waals surface area contributed by atoms with Crippen molar-refractivity contribution in [2.75, 3.05) is 19.5 Å². The van der Waals surface area contributed by atoms with Crippen molar-refractivity contribution in [3.8, 4) is 22.6 Å². The first-order valence-corrected chi connectivity index (χ1v) is 14.2. The third kappa shape index (κ3) is 7.17. The number of rotatable bonds is 9. The van der Waals surface area contributed by atoms with Crippen LogP contribution in [0.4, 0.5) is 23.2 Å². The van der Waals surface area contributed by atoms with Crippen LogP contribution in [0.2, 0.25) is 5.02 Å². The van der Waals surface area contributed by atoms with Gasteiger partial charge in [-0.15, -0.1) is 5.10 Å². The first-order valence-electron chi connectivity index (χ1n) is 13.9. The van der Waals surface area contributed by atoms with Gasteiger partial charge in [-0.1, -0.05) is 47.1 Å². The molecule has 47 heavy (non-hydrogen) atoms. The zero-order valence-electron chi connectivity index (χ0n) is 24.7. The van der Waals surface area contributed by atoms with Crippen LogP contribution in [-0.4, -0.2) is 45.5 Å². The first kappa shape index (κ1) is 32.9. The Kier molecular flexibility index (Phi) is 9.42. The molecule has 3 aromatic carbocycles. The maximum Gasteiger partial charge on any atom is 0.436 e. The van der Waals surface area contributed by atoms with Gasteiger partial charge in [-0.05, 0) is 42.0 Å². The van der Waals surface area contributed by atoms with Crippen molar-refractivity contribution in [1.82, 2.24) is 24.9 Å². The molecule has 5 aromatic rings. The molecule has 2 N–H and O–H groups in total. The highest BCUT2D eigenvalue weighted by atomic mass is 35.5. The summed E-state index contributed by atoms with van der Waals surface area (Å²) in [5.41, 5.74) is -0.888. The monoisotopic (exact) mass is 668 g/mol. The minimum atomic E-state index is -4.74. The molecule has 0 aliphatic heterocycles. The third-order valence-corrected chi connectivity index (χ3v) is 7.40. The summed E-state index contributed by atoms with van der Waals surface area (Å²) in [6, 6.07) is 16.7. The van der Waals surface area contributed by atoms with Crippen LogP contribution in [0.1, 0.15) is 27.7 Å². The highest BCUT2D eigenvalue weighted by Gasteiger charge is 2.35. The van der Waals surface area contributed by atoms with Gasteiger partial charge in [0, 0.05) is 41.4 Å². The van der Waals surface area contributed by atoms with E-state index < -0.39 is 41.1 Å². The van der Waals surface area contributed by atoms with Gasteiger partial charge >= 0.3 is 6.18 Å². The van der Waals surface area contributed by atoms with Crippen LogP contribution in [-0.2, 0) is 17.4 Å². The second-order valence-corrected chi connectivity index (χ2v) is 10.6. The average molecular weight is 669 g/mol. The van der Waals surface area contributed by atoms with Gasteiger partial charge in [0.25, 0.3) is 11.5 Å². The highest BCUT2D eigenvalue weighted by Crippen LogP contribution is 2.36. The van der Waals surface area contributed by atoms with E-state index in [0.29, 0.717) is 11.8 Å². The number of pyridine rings is 1. The minimum Gasteiger partial charge on any atom is -0.495 e. The predicted octanol–water partition coefficient (Wildman–Crippen LogP) is 5.70. The molecule has 0 radical (unpaired) electrons. The summed E-state index contributed by atoms with van der Waals surface area (Å²) >= 11 is 6.25. The molecule has 0 spiro atoms. The Morgan fingerprint density at radius 1 is 1.00 bits per heavy atom. The predicted molar refractivity (Wildman–Crippen MR) is 165 cm³/mol. The smallest absolute Gasteiger partial charge is 0.436 e. The van der Waals surface area contributed by atoms with Crippen LogP contribution >= 0.6 is 11.6 Å². The number of methoxy groups -OCH3 is 1. The van der Waals surface area contributed by atoms with Gasteiger partial charge in [0.1, 0.15) is 17.6 Å². The molecule has 0 aliphatic rings. The van der Waals surface area contributed by atoms with Crippen LogP contribution in [0.5, 0.6) is 5.75 Å². The molecule has 0 bridgehead atoms. The van der Waals surface area contributed by atoms with Crippen LogP contribution in [0.3, 0.4) is 0 Å². The zero-order chi connectivity index (χ0) is 33.9. The van der Waals surface area contributed by atoms with Gasteiger partial charge in [-0.25, -0.2) is 9.07 Å². The number of benzene rings is 3. The molecule has 15 heteroatoms. The molecule has 2 amide bonds. The number of alkyl halides is 3. The number of nitrogens with zero attached hydrogens (tertiary/aromatic N) is 4. The number of hydrogen-bond donors (Lipinski definition) is 2. The molecule has 2 aromatic heterocycles. The summed E-state index contributed by atoms with van der Waals surface area (Å²) in [5.74, 6) is -2.11. The Hall–Kier alpha value is -5.50. The molecule has 5 rings (SSSR count). The minimum absolute atomic E-state index is 0.0372. The van der Waals surface area contributed by atoms with E-state index in [9.17, 15) is 31.9 Å². The molecule has 10 nitrogen and oxygen atoms in total. The number of carbonyl (C=O) groups is 2. The summed E-state index contributed by atoms with van der Waals surface area (Å²) in [7, 11) is 2.67. The maximum absolute atomic E-state index is 14.7. The highest BCUT2D eigenvalue weighted by molar-refractivity contribution is 6.31. The van der Waals surface area contributed by atoms with Crippen molar-refractivity contribution in [1.29, 1.82) is 0 Å². The molecule has 0 unspecified atom stereocenters. The quantitative estimate of drug-likeness (QED) is 0.195. The van der Waals surface area contributed by atoms with Crippen molar-refractivity contribution in [2.45, 2.75) is 18.6 Å². The average Bonchev–Trinajstić information content (AvgIpc) is 3.55. The largest absolute Gasteiger partial charge is 0.495 e. The van der Waals surface area contributed by atoms with E-state index in [0.717, 1.165) is 15.3 Å². The van der Waals surface area contributed by atoms with E-state index in [2.05, 4.69) is 20.9 Å². The lowest BCUT2D eigenvalue weighted by atomic mass is 10.0. The van der Waals surface area contributed by atoms with Crippen molar-refractivity contribution in [2.24, 2.45) is 0 Å². The lowest BCUT2D eigenvalue weighted by molar-refractivity contribution is -0.141. The van der Waals surface area contributed by atoms with E-state index in [4.69, 9.17) is 16.3 Å². The van der Waals surface area contributed by atoms with Gasteiger partial charge in [0.15, 0.2) is 5.69 Å². The van der Waals surface area contributed by atoms with Crippen molar-refractivity contribution >= 4 is 29.1 Å². The van der Waals surface area contributed by atoms with Gasteiger partial charge < -0.3 is 15.4 Å². The van der Waals surface area contributed by atoms with Crippen LogP contribution in [0.15, 0.2) is 90.0 Å². The lowest BCUT2D eigenvalue weighted by Crippen LogP contribution is -2.34. The Morgan fingerprint density at radius 2 is 1.74 bits per heavy atom. The number of ether oxygens (including phenoxy) is 1. The molecule has 242 valence electrons. The molecule has 0 aliphatic carbocycles.